The number of anilines is 1. The molecular formula is C21H20N4O3S. The standard InChI is InChI=1S/C21H20N4O3S/c1-14-7-9-15(10-8-14)21(2)19(27)25(20(28)24-21)13-18(26)23-16-5-3-4-6-17(16)29-12-11-22/h3-10H,12-13H2,1-2H3,(H,23,26)(H,24,28)/t21-/m0/s1. The molecule has 0 aliphatic carbocycles. The van der Waals surface area contributed by atoms with Crippen molar-refractivity contribution in [1.29, 1.82) is 5.26 Å². The molecule has 0 bridgehead atoms. The Morgan fingerprint density at radius 3 is 2.59 bits per heavy atom. The first-order valence-electron chi connectivity index (χ1n) is 8.95. The van der Waals surface area contributed by atoms with Gasteiger partial charge in [0.2, 0.25) is 5.91 Å². The van der Waals surface area contributed by atoms with E-state index >= 15 is 0 Å². The summed E-state index contributed by atoms with van der Waals surface area (Å²) >= 11 is 1.30. The molecule has 1 saturated heterocycles. The van der Waals surface area contributed by atoms with Crippen molar-refractivity contribution in [2.75, 3.05) is 17.6 Å². The molecule has 1 aliphatic heterocycles. The Bertz CT molecular complexity index is 1000. The highest BCUT2D eigenvalue weighted by Crippen LogP contribution is 2.30. The first-order chi connectivity index (χ1) is 13.8. The summed E-state index contributed by atoms with van der Waals surface area (Å²) in [7, 11) is 0. The van der Waals surface area contributed by atoms with Gasteiger partial charge in [0.25, 0.3) is 5.91 Å². The molecule has 0 aromatic heterocycles. The van der Waals surface area contributed by atoms with Crippen LogP contribution in [-0.2, 0) is 15.1 Å². The molecular weight excluding hydrogens is 388 g/mol. The van der Waals surface area contributed by atoms with Crippen LogP contribution < -0.4 is 10.6 Å². The van der Waals surface area contributed by atoms with E-state index in [0.717, 1.165) is 15.4 Å². The zero-order valence-electron chi connectivity index (χ0n) is 16.1. The van der Waals surface area contributed by atoms with Gasteiger partial charge in [0, 0.05) is 4.90 Å². The van der Waals surface area contributed by atoms with E-state index in [1.54, 1.807) is 43.3 Å². The van der Waals surface area contributed by atoms with Gasteiger partial charge < -0.3 is 10.6 Å². The molecule has 0 spiro atoms. The molecule has 29 heavy (non-hydrogen) atoms. The van der Waals surface area contributed by atoms with Crippen LogP contribution in [0, 0.1) is 18.3 Å². The summed E-state index contributed by atoms with van der Waals surface area (Å²) in [5.74, 6) is -0.727. The highest BCUT2D eigenvalue weighted by Gasteiger charge is 2.49. The van der Waals surface area contributed by atoms with Crippen molar-refractivity contribution in [3.63, 3.8) is 0 Å². The van der Waals surface area contributed by atoms with Gasteiger partial charge in [-0.15, -0.1) is 11.8 Å². The Hall–Kier alpha value is -3.31. The molecule has 4 amide bonds. The van der Waals surface area contributed by atoms with Crippen LogP contribution in [0.1, 0.15) is 18.1 Å². The van der Waals surface area contributed by atoms with Crippen molar-refractivity contribution in [1.82, 2.24) is 10.2 Å². The molecule has 1 atom stereocenters. The number of thioether (sulfide) groups is 1. The fraction of sp³-hybridized carbons (Fsp3) is 0.238. The number of rotatable bonds is 6. The largest absolute Gasteiger partial charge is 0.325 e. The number of nitrogens with one attached hydrogen (secondary N) is 2. The Morgan fingerprint density at radius 2 is 1.90 bits per heavy atom. The monoisotopic (exact) mass is 408 g/mol. The molecule has 7 nitrogen and oxygen atoms in total. The number of urea groups is 1. The van der Waals surface area contributed by atoms with Crippen LogP contribution in [0.25, 0.3) is 0 Å². The van der Waals surface area contributed by atoms with Gasteiger partial charge in [-0.1, -0.05) is 42.0 Å². The van der Waals surface area contributed by atoms with E-state index in [-0.39, 0.29) is 5.75 Å². The average Bonchev–Trinajstić information content (AvgIpc) is 2.91. The van der Waals surface area contributed by atoms with Gasteiger partial charge in [0.05, 0.1) is 17.5 Å². The minimum Gasteiger partial charge on any atom is -0.324 e. The van der Waals surface area contributed by atoms with Gasteiger partial charge in [0.15, 0.2) is 0 Å². The van der Waals surface area contributed by atoms with E-state index in [4.69, 9.17) is 5.26 Å². The summed E-state index contributed by atoms with van der Waals surface area (Å²) in [6.45, 7) is 3.16. The molecule has 0 radical (unpaired) electrons. The van der Waals surface area contributed by atoms with Crippen molar-refractivity contribution in [3.8, 4) is 6.07 Å². The number of amides is 4. The van der Waals surface area contributed by atoms with Crippen molar-refractivity contribution >= 4 is 35.3 Å². The zero-order valence-corrected chi connectivity index (χ0v) is 16.9. The number of hydrogen-bond donors (Lipinski definition) is 2. The Morgan fingerprint density at radius 1 is 1.21 bits per heavy atom. The summed E-state index contributed by atoms with van der Waals surface area (Å²) < 4.78 is 0. The highest BCUT2D eigenvalue weighted by molar-refractivity contribution is 7.99. The van der Waals surface area contributed by atoms with Crippen LogP contribution in [0.4, 0.5) is 10.5 Å². The van der Waals surface area contributed by atoms with Crippen molar-refractivity contribution in [2.45, 2.75) is 24.3 Å². The van der Waals surface area contributed by atoms with E-state index in [9.17, 15) is 14.4 Å². The molecule has 2 aromatic rings. The summed E-state index contributed by atoms with van der Waals surface area (Å²) in [6, 6.07) is 15.8. The maximum atomic E-state index is 12.9. The van der Waals surface area contributed by atoms with Crippen LogP contribution in [0.5, 0.6) is 0 Å². The molecule has 1 fully saturated rings. The normalized spacial score (nSPS) is 18.3. The Labute approximate surface area is 173 Å². The second-order valence-electron chi connectivity index (χ2n) is 6.80. The number of benzene rings is 2. The number of carbonyl (C=O) groups excluding carboxylic acids is 3. The van der Waals surface area contributed by atoms with E-state index in [1.807, 2.05) is 25.1 Å². The van der Waals surface area contributed by atoms with Crippen molar-refractivity contribution in [2.24, 2.45) is 0 Å². The number of aryl methyl sites for hydroxylation is 1. The molecule has 0 unspecified atom stereocenters. The molecule has 1 heterocycles. The molecule has 2 N–H and O–H groups in total. The smallest absolute Gasteiger partial charge is 0.324 e. The molecule has 2 aromatic carbocycles. The maximum Gasteiger partial charge on any atom is 0.325 e. The third-order valence-electron chi connectivity index (χ3n) is 4.66. The van der Waals surface area contributed by atoms with Crippen LogP contribution in [0.15, 0.2) is 53.4 Å². The van der Waals surface area contributed by atoms with E-state index in [2.05, 4.69) is 10.6 Å². The lowest BCUT2D eigenvalue weighted by Crippen LogP contribution is -2.42. The Balaban J connectivity index is 1.73. The van der Waals surface area contributed by atoms with E-state index < -0.39 is 29.9 Å². The second-order valence-corrected chi connectivity index (χ2v) is 7.82. The van der Waals surface area contributed by atoms with E-state index in [0.29, 0.717) is 11.3 Å². The topological polar surface area (TPSA) is 102 Å². The van der Waals surface area contributed by atoms with Crippen LogP contribution in [0.3, 0.4) is 0 Å². The van der Waals surface area contributed by atoms with Crippen molar-refractivity contribution in [3.05, 3.63) is 59.7 Å². The SMILES string of the molecule is Cc1ccc([C@]2(C)NC(=O)N(CC(=O)Nc3ccccc3SCC#N)C2=O)cc1. The minimum atomic E-state index is -1.22. The number of para-hydroxylation sites is 1. The summed E-state index contributed by atoms with van der Waals surface area (Å²) in [6.07, 6.45) is 0. The second kappa shape index (κ2) is 8.37. The fourth-order valence-corrected chi connectivity index (χ4v) is 3.73. The summed E-state index contributed by atoms with van der Waals surface area (Å²) in [5, 5.41) is 14.2. The highest BCUT2D eigenvalue weighted by atomic mass is 32.2. The number of imide groups is 1. The van der Waals surface area contributed by atoms with Gasteiger partial charge in [-0.2, -0.15) is 5.26 Å². The maximum absolute atomic E-state index is 12.9. The average molecular weight is 408 g/mol. The van der Waals surface area contributed by atoms with Crippen molar-refractivity contribution < 1.29 is 14.4 Å². The first-order valence-corrected chi connectivity index (χ1v) is 9.93. The van der Waals surface area contributed by atoms with Crippen LogP contribution in [0.2, 0.25) is 0 Å². The number of carbonyl (C=O) groups is 3. The third kappa shape index (κ3) is 4.25. The minimum absolute atomic E-state index is 0.245. The molecule has 8 heteroatoms. The summed E-state index contributed by atoms with van der Waals surface area (Å²) in [4.78, 5) is 39.5. The lowest BCUT2D eigenvalue weighted by molar-refractivity contribution is -0.133. The number of nitriles is 1. The van der Waals surface area contributed by atoms with E-state index in [1.165, 1.54) is 11.8 Å². The molecule has 0 saturated carbocycles. The predicted octanol–water partition coefficient (Wildman–Crippen LogP) is 3.02. The lowest BCUT2D eigenvalue weighted by Gasteiger charge is -2.22. The van der Waals surface area contributed by atoms with Crippen LogP contribution in [-0.4, -0.2) is 35.0 Å². The van der Waals surface area contributed by atoms with Gasteiger partial charge >= 0.3 is 6.03 Å². The first kappa shape index (κ1) is 20.4. The quantitative estimate of drug-likeness (QED) is 0.565. The predicted molar refractivity (Wildman–Crippen MR) is 110 cm³/mol. The number of hydrogen-bond acceptors (Lipinski definition) is 5. The van der Waals surface area contributed by atoms with Gasteiger partial charge in [-0.3, -0.25) is 14.5 Å². The molecule has 1 aliphatic rings. The van der Waals surface area contributed by atoms with Gasteiger partial charge in [-0.05, 0) is 31.5 Å². The lowest BCUT2D eigenvalue weighted by atomic mass is 9.91. The van der Waals surface area contributed by atoms with Crippen LogP contribution >= 0.6 is 11.8 Å². The number of nitrogens with zero attached hydrogens (tertiary/aromatic N) is 2. The Kier molecular flexibility index (Phi) is 5.89. The molecule has 3 rings (SSSR count). The van der Waals surface area contributed by atoms with Gasteiger partial charge in [-0.25, -0.2) is 4.79 Å². The molecule has 148 valence electrons. The fourth-order valence-electron chi connectivity index (χ4n) is 3.06. The summed E-state index contributed by atoms with van der Waals surface area (Å²) in [5.41, 5.74) is 1.01. The third-order valence-corrected chi connectivity index (χ3v) is 5.60. The van der Waals surface area contributed by atoms with Gasteiger partial charge in [0.1, 0.15) is 12.1 Å². The zero-order chi connectivity index (χ0) is 21.0.